The molecule has 2 heterocycles. The summed E-state index contributed by atoms with van der Waals surface area (Å²) in [5.41, 5.74) is 2.49. The first-order chi connectivity index (χ1) is 8.81. The van der Waals surface area contributed by atoms with Gasteiger partial charge in [-0.05, 0) is 37.8 Å². The lowest BCUT2D eigenvalue weighted by atomic mass is 10.0. The quantitative estimate of drug-likeness (QED) is 0.849. The highest BCUT2D eigenvalue weighted by atomic mass is 32.1. The predicted molar refractivity (Wildman–Crippen MR) is 72.8 cm³/mol. The molecule has 2 aromatic rings. The van der Waals surface area contributed by atoms with E-state index >= 15 is 0 Å². The van der Waals surface area contributed by atoms with Crippen LogP contribution in [-0.2, 0) is 11.2 Å². The molecule has 3 nitrogen and oxygen atoms in total. The maximum absolute atomic E-state index is 5.68. The van der Waals surface area contributed by atoms with E-state index in [0.717, 1.165) is 28.6 Å². The first-order valence-electron chi connectivity index (χ1n) is 6.32. The first-order valence-corrected chi connectivity index (χ1v) is 7.14. The van der Waals surface area contributed by atoms with Crippen molar-refractivity contribution in [2.24, 2.45) is 0 Å². The molecule has 1 aromatic carbocycles. The van der Waals surface area contributed by atoms with Crippen LogP contribution >= 0.6 is 11.3 Å². The fourth-order valence-corrected chi connectivity index (χ4v) is 3.00. The molecule has 3 rings (SSSR count). The zero-order chi connectivity index (χ0) is 12.4. The Morgan fingerprint density at radius 2 is 2.33 bits per heavy atom. The standard InChI is InChI=1S/C14H16N2OS/c1-10-15-16-14(18-10)12-5-2-4-11(8-12)9-13-6-3-7-17-13/h2,4-5,8,13H,3,6-7,9H2,1H3. The molecule has 0 radical (unpaired) electrons. The summed E-state index contributed by atoms with van der Waals surface area (Å²) < 4.78 is 5.68. The molecule has 0 saturated carbocycles. The van der Waals surface area contributed by atoms with Crippen molar-refractivity contribution in [3.8, 4) is 10.6 Å². The van der Waals surface area contributed by atoms with Crippen LogP contribution < -0.4 is 0 Å². The molecular weight excluding hydrogens is 244 g/mol. The van der Waals surface area contributed by atoms with E-state index in [1.165, 1.54) is 18.4 Å². The fourth-order valence-electron chi connectivity index (χ4n) is 2.31. The van der Waals surface area contributed by atoms with Crippen LogP contribution in [0, 0.1) is 6.92 Å². The molecular formula is C14H16N2OS. The fraction of sp³-hybridized carbons (Fsp3) is 0.429. The van der Waals surface area contributed by atoms with Gasteiger partial charge in [0.1, 0.15) is 10.0 Å². The molecule has 0 spiro atoms. The summed E-state index contributed by atoms with van der Waals surface area (Å²) in [7, 11) is 0. The van der Waals surface area contributed by atoms with E-state index in [2.05, 4.69) is 34.5 Å². The third kappa shape index (κ3) is 2.60. The van der Waals surface area contributed by atoms with Gasteiger partial charge in [0.25, 0.3) is 0 Å². The number of hydrogen-bond acceptors (Lipinski definition) is 4. The van der Waals surface area contributed by atoms with Gasteiger partial charge in [0, 0.05) is 12.2 Å². The van der Waals surface area contributed by atoms with Gasteiger partial charge < -0.3 is 4.74 Å². The molecule has 1 unspecified atom stereocenters. The third-order valence-electron chi connectivity index (χ3n) is 3.19. The zero-order valence-corrected chi connectivity index (χ0v) is 11.2. The Labute approximate surface area is 111 Å². The number of rotatable bonds is 3. The molecule has 0 bridgehead atoms. The number of ether oxygens (including phenoxy) is 1. The number of nitrogens with zero attached hydrogens (tertiary/aromatic N) is 2. The van der Waals surface area contributed by atoms with Crippen molar-refractivity contribution in [3.05, 3.63) is 34.8 Å². The van der Waals surface area contributed by atoms with Gasteiger partial charge in [-0.15, -0.1) is 10.2 Å². The van der Waals surface area contributed by atoms with Crippen molar-refractivity contribution >= 4 is 11.3 Å². The van der Waals surface area contributed by atoms with E-state index < -0.39 is 0 Å². The van der Waals surface area contributed by atoms with E-state index in [1.807, 2.05) is 6.92 Å². The number of hydrogen-bond donors (Lipinski definition) is 0. The number of aromatic nitrogens is 2. The van der Waals surface area contributed by atoms with Crippen LogP contribution in [0.25, 0.3) is 10.6 Å². The third-order valence-corrected chi connectivity index (χ3v) is 4.08. The van der Waals surface area contributed by atoms with Gasteiger partial charge in [0.05, 0.1) is 6.10 Å². The van der Waals surface area contributed by atoms with Gasteiger partial charge in [-0.3, -0.25) is 0 Å². The van der Waals surface area contributed by atoms with Gasteiger partial charge in [-0.2, -0.15) is 0 Å². The van der Waals surface area contributed by atoms with E-state index in [4.69, 9.17) is 4.74 Å². The molecule has 4 heteroatoms. The minimum Gasteiger partial charge on any atom is -0.378 e. The Hall–Kier alpha value is -1.26. The van der Waals surface area contributed by atoms with E-state index in [9.17, 15) is 0 Å². The maximum atomic E-state index is 5.68. The maximum Gasteiger partial charge on any atom is 0.147 e. The van der Waals surface area contributed by atoms with Crippen LogP contribution in [0.2, 0.25) is 0 Å². The lowest BCUT2D eigenvalue weighted by molar-refractivity contribution is 0.111. The van der Waals surface area contributed by atoms with Crippen molar-refractivity contribution in [1.29, 1.82) is 0 Å². The summed E-state index contributed by atoms with van der Waals surface area (Å²) in [6, 6.07) is 8.57. The van der Waals surface area contributed by atoms with Crippen molar-refractivity contribution in [2.45, 2.75) is 32.3 Å². The van der Waals surface area contributed by atoms with Gasteiger partial charge in [-0.1, -0.05) is 29.5 Å². The molecule has 0 N–H and O–H groups in total. The Bertz CT molecular complexity index is 532. The minimum atomic E-state index is 0.399. The van der Waals surface area contributed by atoms with Crippen LogP contribution in [0.1, 0.15) is 23.4 Å². The molecule has 1 fully saturated rings. The highest BCUT2D eigenvalue weighted by molar-refractivity contribution is 7.14. The second-order valence-corrected chi connectivity index (χ2v) is 5.85. The average Bonchev–Trinajstić information content (AvgIpc) is 3.01. The van der Waals surface area contributed by atoms with Crippen molar-refractivity contribution in [3.63, 3.8) is 0 Å². The molecule has 1 atom stereocenters. The Kier molecular flexibility index (Phi) is 3.39. The summed E-state index contributed by atoms with van der Waals surface area (Å²) in [4.78, 5) is 0. The van der Waals surface area contributed by atoms with Gasteiger partial charge in [-0.25, -0.2) is 0 Å². The molecule has 1 saturated heterocycles. The van der Waals surface area contributed by atoms with Gasteiger partial charge >= 0.3 is 0 Å². The van der Waals surface area contributed by atoms with E-state index in [0.29, 0.717) is 6.10 Å². The normalized spacial score (nSPS) is 19.3. The second kappa shape index (κ2) is 5.16. The Morgan fingerprint density at radius 1 is 1.39 bits per heavy atom. The first kappa shape index (κ1) is 11.8. The lowest BCUT2D eigenvalue weighted by Gasteiger charge is -2.09. The Morgan fingerprint density at radius 3 is 3.06 bits per heavy atom. The molecule has 94 valence electrons. The lowest BCUT2D eigenvalue weighted by Crippen LogP contribution is -2.08. The summed E-state index contributed by atoms with van der Waals surface area (Å²) in [6.07, 6.45) is 3.78. The largest absolute Gasteiger partial charge is 0.378 e. The minimum absolute atomic E-state index is 0.399. The van der Waals surface area contributed by atoms with Crippen molar-refractivity contribution < 1.29 is 4.74 Å². The van der Waals surface area contributed by atoms with E-state index in [1.54, 1.807) is 11.3 Å². The number of benzene rings is 1. The van der Waals surface area contributed by atoms with Crippen LogP contribution in [-0.4, -0.2) is 22.9 Å². The average molecular weight is 260 g/mol. The van der Waals surface area contributed by atoms with Crippen molar-refractivity contribution in [2.75, 3.05) is 6.61 Å². The Balaban J connectivity index is 1.80. The summed E-state index contributed by atoms with van der Waals surface area (Å²) in [6.45, 7) is 2.90. The number of aryl methyl sites for hydroxylation is 1. The molecule has 1 aliphatic heterocycles. The SMILES string of the molecule is Cc1nnc(-c2cccc(CC3CCCO3)c2)s1. The van der Waals surface area contributed by atoms with Gasteiger partial charge in [0.15, 0.2) is 0 Å². The van der Waals surface area contributed by atoms with Crippen LogP contribution in [0.15, 0.2) is 24.3 Å². The summed E-state index contributed by atoms with van der Waals surface area (Å²) in [5, 5.41) is 10.3. The van der Waals surface area contributed by atoms with Crippen LogP contribution in [0.3, 0.4) is 0 Å². The summed E-state index contributed by atoms with van der Waals surface area (Å²) >= 11 is 1.64. The predicted octanol–water partition coefficient (Wildman–Crippen LogP) is 3.24. The highest BCUT2D eigenvalue weighted by Crippen LogP contribution is 2.25. The molecule has 1 aliphatic rings. The molecule has 18 heavy (non-hydrogen) atoms. The monoisotopic (exact) mass is 260 g/mol. The van der Waals surface area contributed by atoms with Gasteiger partial charge in [0.2, 0.25) is 0 Å². The molecule has 0 amide bonds. The topological polar surface area (TPSA) is 35.0 Å². The zero-order valence-electron chi connectivity index (χ0n) is 10.4. The molecule has 1 aromatic heterocycles. The van der Waals surface area contributed by atoms with Crippen LogP contribution in [0.5, 0.6) is 0 Å². The summed E-state index contributed by atoms with van der Waals surface area (Å²) in [5.74, 6) is 0. The highest BCUT2D eigenvalue weighted by Gasteiger charge is 2.16. The molecule has 0 aliphatic carbocycles. The van der Waals surface area contributed by atoms with E-state index in [-0.39, 0.29) is 0 Å². The smallest absolute Gasteiger partial charge is 0.147 e. The van der Waals surface area contributed by atoms with Crippen LogP contribution in [0.4, 0.5) is 0 Å². The second-order valence-electron chi connectivity index (χ2n) is 4.67. The van der Waals surface area contributed by atoms with Crippen molar-refractivity contribution in [1.82, 2.24) is 10.2 Å².